The normalized spacial score (nSPS) is 11.9. The number of aromatic nitrogens is 3. The minimum absolute atomic E-state index is 0.103. The molecule has 0 unspecified atom stereocenters. The van der Waals surface area contributed by atoms with Crippen molar-refractivity contribution in [1.82, 2.24) is 20.1 Å². The summed E-state index contributed by atoms with van der Waals surface area (Å²) in [6.45, 7) is 2.33. The van der Waals surface area contributed by atoms with Crippen LogP contribution in [-0.4, -0.2) is 38.6 Å². The summed E-state index contributed by atoms with van der Waals surface area (Å²) in [5, 5.41) is 18.3. The van der Waals surface area contributed by atoms with Gasteiger partial charge in [-0.3, -0.25) is 15.0 Å². The molecule has 0 bridgehead atoms. The Balaban J connectivity index is 1.82. The summed E-state index contributed by atoms with van der Waals surface area (Å²) >= 11 is 0. The van der Waals surface area contributed by atoms with Gasteiger partial charge in [0.15, 0.2) is 5.82 Å². The lowest BCUT2D eigenvalue weighted by Gasteiger charge is -2.10. The number of carbonyl (C=O) groups excluding carboxylic acids is 1. The third kappa shape index (κ3) is 4.88. The van der Waals surface area contributed by atoms with Crippen molar-refractivity contribution in [2.45, 2.75) is 25.9 Å². The van der Waals surface area contributed by atoms with E-state index in [0.29, 0.717) is 5.82 Å². The van der Waals surface area contributed by atoms with Crippen molar-refractivity contribution in [2.24, 2.45) is 0 Å². The number of rotatable bonds is 6. The molecule has 0 saturated carbocycles. The van der Waals surface area contributed by atoms with Gasteiger partial charge >= 0.3 is 6.03 Å². The number of aryl methyl sites for hydroxylation is 2. The van der Waals surface area contributed by atoms with E-state index in [9.17, 15) is 4.79 Å². The molecule has 0 aliphatic carbocycles. The maximum Gasteiger partial charge on any atom is 0.320 e. The first kappa shape index (κ1) is 15.0. The van der Waals surface area contributed by atoms with Crippen molar-refractivity contribution in [2.75, 3.05) is 11.9 Å². The van der Waals surface area contributed by atoms with Crippen LogP contribution in [0.15, 0.2) is 36.8 Å². The summed E-state index contributed by atoms with van der Waals surface area (Å²) in [6.07, 6.45) is 6.18. The zero-order valence-electron chi connectivity index (χ0n) is 11.9. The summed E-state index contributed by atoms with van der Waals surface area (Å²) in [7, 11) is 0. The number of urea groups is 1. The standard InChI is InChI=1S/C14H19N5O2/c1-11(10-20)16-14(21)17-13-5-9-19(18-13)8-4-12-2-6-15-7-3-12/h2-3,5-7,9,11,20H,4,8,10H2,1H3,(H2,16,17,18,21)/t11-/m0/s1. The second-order valence-electron chi connectivity index (χ2n) is 4.75. The van der Waals surface area contributed by atoms with E-state index < -0.39 is 0 Å². The Labute approximate surface area is 123 Å². The maximum absolute atomic E-state index is 11.6. The lowest BCUT2D eigenvalue weighted by molar-refractivity contribution is 0.229. The molecular formula is C14H19N5O2. The fraction of sp³-hybridized carbons (Fsp3) is 0.357. The van der Waals surface area contributed by atoms with Gasteiger partial charge < -0.3 is 10.4 Å². The highest BCUT2D eigenvalue weighted by Crippen LogP contribution is 2.05. The summed E-state index contributed by atoms with van der Waals surface area (Å²) in [5.41, 5.74) is 1.18. The van der Waals surface area contributed by atoms with Gasteiger partial charge in [0, 0.05) is 31.2 Å². The molecule has 0 saturated heterocycles. The van der Waals surface area contributed by atoms with E-state index in [1.807, 2.05) is 18.3 Å². The Kier molecular flexibility index (Phi) is 5.28. The van der Waals surface area contributed by atoms with Crippen LogP contribution in [0.1, 0.15) is 12.5 Å². The zero-order chi connectivity index (χ0) is 15.1. The monoisotopic (exact) mass is 289 g/mol. The minimum atomic E-state index is -0.379. The van der Waals surface area contributed by atoms with E-state index >= 15 is 0 Å². The van der Waals surface area contributed by atoms with Gasteiger partial charge in [0.2, 0.25) is 0 Å². The van der Waals surface area contributed by atoms with Crippen molar-refractivity contribution in [3.63, 3.8) is 0 Å². The lowest BCUT2D eigenvalue weighted by atomic mass is 10.2. The van der Waals surface area contributed by atoms with Crippen LogP contribution in [0, 0.1) is 0 Å². The van der Waals surface area contributed by atoms with Gasteiger partial charge in [-0.2, -0.15) is 5.10 Å². The second-order valence-corrected chi connectivity index (χ2v) is 4.75. The van der Waals surface area contributed by atoms with Crippen LogP contribution in [0.2, 0.25) is 0 Å². The van der Waals surface area contributed by atoms with E-state index in [2.05, 4.69) is 20.7 Å². The van der Waals surface area contributed by atoms with E-state index in [4.69, 9.17) is 5.11 Å². The first-order valence-electron chi connectivity index (χ1n) is 6.78. The SMILES string of the molecule is C[C@@H](CO)NC(=O)Nc1ccn(CCc2ccncc2)n1. The maximum atomic E-state index is 11.6. The number of aliphatic hydroxyl groups is 1. The molecule has 2 amide bonds. The van der Waals surface area contributed by atoms with Crippen molar-refractivity contribution in [3.05, 3.63) is 42.4 Å². The van der Waals surface area contributed by atoms with Crippen LogP contribution < -0.4 is 10.6 Å². The second kappa shape index (κ2) is 7.39. The Bertz CT molecular complexity index is 570. The van der Waals surface area contributed by atoms with Crippen LogP contribution in [0.3, 0.4) is 0 Å². The molecule has 21 heavy (non-hydrogen) atoms. The molecule has 7 nitrogen and oxygen atoms in total. The zero-order valence-corrected chi connectivity index (χ0v) is 11.9. The quantitative estimate of drug-likeness (QED) is 0.740. The first-order chi connectivity index (χ1) is 10.2. The highest BCUT2D eigenvalue weighted by atomic mass is 16.3. The number of hydrogen-bond donors (Lipinski definition) is 3. The summed E-state index contributed by atoms with van der Waals surface area (Å²) in [5.74, 6) is 0.479. The van der Waals surface area contributed by atoms with E-state index in [1.165, 1.54) is 5.56 Å². The van der Waals surface area contributed by atoms with Crippen molar-refractivity contribution in [1.29, 1.82) is 0 Å². The molecule has 0 fully saturated rings. The van der Waals surface area contributed by atoms with Crippen LogP contribution in [0.25, 0.3) is 0 Å². The largest absolute Gasteiger partial charge is 0.394 e. The molecule has 0 aliphatic rings. The molecule has 0 spiro atoms. The van der Waals surface area contributed by atoms with Crippen molar-refractivity contribution in [3.8, 4) is 0 Å². The van der Waals surface area contributed by atoms with Crippen LogP contribution in [-0.2, 0) is 13.0 Å². The van der Waals surface area contributed by atoms with Crippen molar-refractivity contribution < 1.29 is 9.90 Å². The Morgan fingerprint density at radius 1 is 1.38 bits per heavy atom. The number of nitrogens with zero attached hydrogens (tertiary/aromatic N) is 3. The molecule has 2 rings (SSSR count). The van der Waals surface area contributed by atoms with Gasteiger partial charge in [-0.25, -0.2) is 4.79 Å². The Morgan fingerprint density at radius 2 is 2.14 bits per heavy atom. The molecule has 112 valence electrons. The van der Waals surface area contributed by atoms with E-state index in [1.54, 1.807) is 30.1 Å². The molecule has 2 aromatic rings. The number of anilines is 1. The van der Waals surface area contributed by atoms with Gasteiger partial charge in [-0.1, -0.05) is 0 Å². The smallest absolute Gasteiger partial charge is 0.320 e. The Hall–Kier alpha value is -2.41. The molecule has 2 aromatic heterocycles. The lowest BCUT2D eigenvalue weighted by Crippen LogP contribution is -2.38. The third-order valence-electron chi connectivity index (χ3n) is 2.91. The number of carbonyl (C=O) groups is 1. The molecule has 7 heteroatoms. The van der Waals surface area contributed by atoms with Crippen LogP contribution in [0.4, 0.5) is 10.6 Å². The number of pyridine rings is 1. The van der Waals surface area contributed by atoms with E-state index in [-0.39, 0.29) is 18.7 Å². The Morgan fingerprint density at radius 3 is 2.86 bits per heavy atom. The number of nitrogens with one attached hydrogen (secondary N) is 2. The van der Waals surface area contributed by atoms with Gasteiger partial charge in [-0.15, -0.1) is 0 Å². The summed E-state index contributed by atoms with van der Waals surface area (Å²) in [6, 6.07) is 4.99. The predicted molar refractivity (Wildman–Crippen MR) is 78.9 cm³/mol. The first-order valence-corrected chi connectivity index (χ1v) is 6.78. The molecule has 0 aromatic carbocycles. The molecule has 0 aliphatic heterocycles. The molecule has 3 N–H and O–H groups in total. The number of aliphatic hydroxyl groups excluding tert-OH is 1. The number of hydrogen-bond acceptors (Lipinski definition) is 4. The summed E-state index contributed by atoms with van der Waals surface area (Å²) < 4.78 is 1.77. The fourth-order valence-corrected chi connectivity index (χ4v) is 1.77. The highest BCUT2D eigenvalue weighted by molar-refractivity contribution is 5.88. The molecular weight excluding hydrogens is 270 g/mol. The predicted octanol–water partition coefficient (Wildman–Crippen LogP) is 1.02. The topological polar surface area (TPSA) is 92.1 Å². The fourth-order valence-electron chi connectivity index (χ4n) is 1.77. The highest BCUT2D eigenvalue weighted by Gasteiger charge is 2.07. The number of amides is 2. The average molecular weight is 289 g/mol. The van der Waals surface area contributed by atoms with Gasteiger partial charge in [0.05, 0.1) is 12.6 Å². The van der Waals surface area contributed by atoms with Gasteiger partial charge in [0.25, 0.3) is 0 Å². The van der Waals surface area contributed by atoms with E-state index in [0.717, 1.165) is 13.0 Å². The molecule has 0 radical (unpaired) electrons. The van der Waals surface area contributed by atoms with Gasteiger partial charge in [0.1, 0.15) is 0 Å². The summed E-state index contributed by atoms with van der Waals surface area (Å²) in [4.78, 5) is 15.6. The van der Waals surface area contributed by atoms with Crippen LogP contribution in [0.5, 0.6) is 0 Å². The molecule has 1 atom stereocenters. The van der Waals surface area contributed by atoms with Crippen molar-refractivity contribution >= 4 is 11.8 Å². The van der Waals surface area contributed by atoms with Crippen LogP contribution >= 0.6 is 0 Å². The minimum Gasteiger partial charge on any atom is -0.394 e. The van der Waals surface area contributed by atoms with Gasteiger partial charge in [-0.05, 0) is 31.0 Å². The average Bonchev–Trinajstić information content (AvgIpc) is 2.93. The molecule has 2 heterocycles. The third-order valence-corrected chi connectivity index (χ3v) is 2.91.